The molecule has 2 aromatic rings. The number of benzene rings is 2. The van der Waals surface area contributed by atoms with Crippen molar-refractivity contribution < 1.29 is 14.6 Å². The maximum atomic E-state index is 12.0. The number of rotatable bonds is 5. The van der Waals surface area contributed by atoms with Gasteiger partial charge in [0, 0.05) is 5.56 Å². The van der Waals surface area contributed by atoms with E-state index >= 15 is 0 Å². The van der Waals surface area contributed by atoms with Gasteiger partial charge in [-0.05, 0) is 59.1 Å². The van der Waals surface area contributed by atoms with Crippen LogP contribution in [0.3, 0.4) is 0 Å². The van der Waals surface area contributed by atoms with Crippen LogP contribution in [0.1, 0.15) is 28.4 Å². The number of ether oxygens (including phenoxy) is 1. The Labute approximate surface area is 143 Å². The van der Waals surface area contributed by atoms with Gasteiger partial charge in [-0.2, -0.15) is 5.10 Å². The van der Waals surface area contributed by atoms with Crippen molar-refractivity contribution in [1.29, 1.82) is 0 Å². The highest BCUT2D eigenvalue weighted by atomic mass is 79.9. The Morgan fingerprint density at radius 1 is 1.39 bits per heavy atom. The van der Waals surface area contributed by atoms with Gasteiger partial charge in [0.1, 0.15) is 0 Å². The van der Waals surface area contributed by atoms with E-state index in [1.54, 1.807) is 24.3 Å². The molecule has 0 radical (unpaired) electrons. The number of hydrogen-bond donors (Lipinski definition) is 2. The van der Waals surface area contributed by atoms with Gasteiger partial charge in [-0.3, -0.25) is 4.79 Å². The molecule has 0 atom stereocenters. The molecule has 1 amide bonds. The van der Waals surface area contributed by atoms with Crippen LogP contribution in [-0.2, 0) is 0 Å². The molecule has 2 aromatic carbocycles. The van der Waals surface area contributed by atoms with Crippen molar-refractivity contribution in [3.63, 3.8) is 0 Å². The van der Waals surface area contributed by atoms with Gasteiger partial charge in [-0.25, -0.2) is 5.43 Å². The van der Waals surface area contributed by atoms with Crippen molar-refractivity contribution in [2.24, 2.45) is 5.10 Å². The summed E-state index contributed by atoms with van der Waals surface area (Å²) in [7, 11) is 0. The Morgan fingerprint density at radius 2 is 2.13 bits per heavy atom. The van der Waals surface area contributed by atoms with E-state index in [9.17, 15) is 9.90 Å². The van der Waals surface area contributed by atoms with E-state index < -0.39 is 0 Å². The van der Waals surface area contributed by atoms with Gasteiger partial charge >= 0.3 is 0 Å². The van der Waals surface area contributed by atoms with E-state index in [0.717, 1.165) is 5.56 Å². The standard InChI is InChI=1S/C17H17BrN2O3/c1-3-23-15-9-12(8-14(18)16(15)21)10-19-20-17(22)13-7-5-4-6-11(13)2/h4-10,21H,3H2,1-2H3,(H,20,22)/b19-10+. The zero-order valence-electron chi connectivity index (χ0n) is 12.8. The molecule has 5 nitrogen and oxygen atoms in total. The fraction of sp³-hybridized carbons (Fsp3) is 0.176. The number of aromatic hydroxyl groups is 1. The van der Waals surface area contributed by atoms with E-state index in [-0.39, 0.29) is 11.7 Å². The molecule has 0 aliphatic heterocycles. The molecule has 0 bridgehead atoms. The fourth-order valence-electron chi connectivity index (χ4n) is 1.99. The highest BCUT2D eigenvalue weighted by Crippen LogP contribution is 2.34. The number of hydrogen-bond acceptors (Lipinski definition) is 4. The fourth-order valence-corrected chi connectivity index (χ4v) is 2.45. The van der Waals surface area contributed by atoms with Crippen LogP contribution in [0.15, 0.2) is 46.0 Å². The van der Waals surface area contributed by atoms with Gasteiger partial charge in [-0.15, -0.1) is 0 Å². The molecule has 0 aliphatic carbocycles. The minimum absolute atomic E-state index is 0.0351. The first-order valence-corrected chi connectivity index (χ1v) is 7.86. The number of phenolic OH excluding ortho intramolecular Hbond substituents is 1. The van der Waals surface area contributed by atoms with Crippen LogP contribution in [-0.4, -0.2) is 23.8 Å². The molecule has 0 saturated heterocycles. The second kappa shape index (κ2) is 7.78. The molecule has 6 heteroatoms. The van der Waals surface area contributed by atoms with Gasteiger partial charge in [0.25, 0.3) is 5.91 Å². The summed E-state index contributed by atoms with van der Waals surface area (Å²) in [5, 5.41) is 13.8. The minimum atomic E-state index is -0.276. The predicted octanol–water partition coefficient (Wildman–Crippen LogP) is 3.63. The molecule has 0 unspecified atom stereocenters. The monoisotopic (exact) mass is 376 g/mol. The lowest BCUT2D eigenvalue weighted by Gasteiger charge is -2.08. The van der Waals surface area contributed by atoms with Crippen LogP contribution in [0, 0.1) is 6.92 Å². The van der Waals surface area contributed by atoms with E-state index in [1.807, 2.05) is 26.0 Å². The second-order valence-electron chi connectivity index (χ2n) is 4.80. The zero-order valence-corrected chi connectivity index (χ0v) is 14.4. The number of nitrogens with one attached hydrogen (secondary N) is 1. The van der Waals surface area contributed by atoms with Crippen LogP contribution in [0.2, 0.25) is 0 Å². The predicted molar refractivity (Wildman–Crippen MR) is 93.2 cm³/mol. The third kappa shape index (κ3) is 4.32. The number of carbonyl (C=O) groups excluding carboxylic acids is 1. The number of carbonyl (C=O) groups is 1. The summed E-state index contributed by atoms with van der Waals surface area (Å²) in [4.78, 5) is 12.0. The summed E-state index contributed by atoms with van der Waals surface area (Å²) >= 11 is 3.25. The van der Waals surface area contributed by atoms with Crippen LogP contribution in [0.4, 0.5) is 0 Å². The summed E-state index contributed by atoms with van der Waals surface area (Å²) in [6, 6.07) is 10.6. The van der Waals surface area contributed by atoms with Crippen LogP contribution in [0.5, 0.6) is 11.5 Å². The van der Waals surface area contributed by atoms with Crippen molar-refractivity contribution >= 4 is 28.1 Å². The van der Waals surface area contributed by atoms with E-state index in [0.29, 0.717) is 28.0 Å². The molecule has 0 aromatic heterocycles. The normalized spacial score (nSPS) is 10.7. The molecule has 0 heterocycles. The van der Waals surface area contributed by atoms with Gasteiger partial charge in [0.2, 0.25) is 0 Å². The molecular weight excluding hydrogens is 360 g/mol. The third-order valence-corrected chi connectivity index (χ3v) is 3.72. The topological polar surface area (TPSA) is 70.9 Å². The van der Waals surface area contributed by atoms with Crippen molar-refractivity contribution in [3.8, 4) is 11.5 Å². The summed E-state index contributed by atoms with van der Waals surface area (Å²) in [5.41, 5.74) is 4.63. The molecule has 2 N–H and O–H groups in total. The number of hydrazone groups is 1. The number of nitrogens with zero attached hydrogens (tertiary/aromatic N) is 1. The zero-order chi connectivity index (χ0) is 16.8. The molecule has 2 rings (SSSR count). The Kier molecular flexibility index (Phi) is 5.76. The average molecular weight is 377 g/mol. The summed E-state index contributed by atoms with van der Waals surface area (Å²) in [5.74, 6) is 0.115. The second-order valence-corrected chi connectivity index (χ2v) is 5.65. The van der Waals surface area contributed by atoms with Gasteiger partial charge in [0.05, 0.1) is 17.3 Å². The maximum absolute atomic E-state index is 12.0. The molecule has 0 aliphatic rings. The van der Waals surface area contributed by atoms with Crippen molar-refractivity contribution in [1.82, 2.24) is 5.43 Å². The summed E-state index contributed by atoms with van der Waals surface area (Å²) in [6.07, 6.45) is 1.49. The molecule has 120 valence electrons. The third-order valence-electron chi connectivity index (χ3n) is 3.12. The largest absolute Gasteiger partial charge is 0.503 e. The lowest BCUT2D eigenvalue weighted by molar-refractivity contribution is 0.0954. The average Bonchev–Trinajstić information content (AvgIpc) is 2.52. The quantitative estimate of drug-likeness (QED) is 0.618. The molecule has 23 heavy (non-hydrogen) atoms. The Bertz CT molecular complexity index is 745. The summed E-state index contributed by atoms with van der Waals surface area (Å²) < 4.78 is 5.84. The van der Waals surface area contributed by atoms with Crippen molar-refractivity contribution in [2.75, 3.05) is 6.61 Å². The highest BCUT2D eigenvalue weighted by molar-refractivity contribution is 9.10. The molecule has 0 spiro atoms. The lowest BCUT2D eigenvalue weighted by Crippen LogP contribution is -2.18. The lowest BCUT2D eigenvalue weighted by atomic mass is 10.1. The van der Waals surface area contributed by atoms with E-state index in [4.69, 9.17) is 4.74 Å². The minimum Gasteiger partial charge on any atom is -0.503 e. The van der Waals surface area contributed by atoms with E-state index in [2.05, 4.69) is 26.5 Å². The SMILES string of the molecule is CCOc1cc(/C=N/NC(=O)c2ccccc2C)cc(Br)c1O. The first kappa shape index (κ1) is 17.0. The first-order chi connectivity index (χ1) is 11.0. The number of halogens is 1. The number of aryl methyl sites for hydroxylation is 1. The molecule has 0 fully saturated rings. The first-order valence-electron chi connectivity index (χ1n) is 7.07. The Hall–Kier alpha value is -2.34. The smallest absolute Gasteiger partial charge is 0.271 e. The van der Waals surface area contributed by atoms with Gasteiger partial charge in [-0.1, -0.05) is 18.2 Å². The Morgan fingerprint density at radius 3 is 2.83 bits per heavy atom. The molecular formula is C17H17BrN2O3. The summed E-state index contributed by atoms with van der Waals surface area (Å²) in [6.45, 7) is 4.13. The van der Waals surface area contributed by atoms with Crippen LogP contribution >= 0.6 is 15.9 Å². The number of phenols is 1. The van der Waals surface area contributed by atoms with E-state index in [1.165, 1.54) is 6.21 Å². The molecule has 0 saturated carbocycles. The van der Waals surface area contributed by atoms with Gasteiger partial charge in [0.15, 0.2) is 11.5 Å². The Balaban J connectivity index is 2.12. The van der Waals surface area contributed by atoms with Crippen molar-refractivity contribution in [3.05, 3.63) is 57.6 Å². The van der Waals surface area contributed by atoms with Crippen LogP contribution < -0.4 is 10.2 Å². The van der Waals surface area contributed by atoms with Crippen molar-refractivity contribution in [2.45, 2.75) is 13.8 Å². The maximum Gasteiger partial charge on any atom is 0.271 e. The highest BCUT2D eigenvalue weighted by Gasteiger charge is 2.09. The number of amides is 1. The van der Waals surface area contributed by atoms with Crippen LogP contribution in [0.25, 0.3) is 0 Å². The van der Waals surface area contributed by atoms with Gasteiger partial charge < -0.3 is 9.84 Å².